The maximum absolute atomic E-state index is 11.7. The van der Waals surface area contributed by atoms with Crippen LogP contribution in [0.15, 0.2) is 15.8 Å². The zero-order valence-corrected chi connectivity index (χ0v) is 10.2. The summed E-state index contributed by atoms with van der Waals surface area (Å²) in [5.74, 6) is -0.356. The number of aryl methyl sites for hydroxylation is 1. The maximum Gasteiger partial charge on any atom is 0.330 e. The molecule has 7 nitrogen and oxygen atoms in total. The highest BCUT2D eigenvalue weighted by molar-refractivity contribution is 5.02. The van der Waals surface area contributed by atoms with Crippen LogP contribution in [0.3, 0.4) is 0 Å². The first-order valence-corrected chi connectivity index (χ1v) is 5.72. The molecule has 100 valence electrons. The molecule has 1 aromatic heterocycles. The van der Waals surface area contributed by atoms with Crippen molar-refractivity contribution in [2.75, 3.05) is 6.61 Å². The van der Waals surface area contributed by atoms with Crippen LogP contribution in [0.1, 0.15) is 18.7 Å². The van der Waals surface area contributed by atoms with Gasteiger partial charge in [-0.25, -0.2) is 4.79 Å². The molecule has 4 atom stereocenters. The zero-order chi connectivity index (χ0) is 13.4. The van der Waals surface area contributed by atoms with Crippen molar-refractivity contribution in [3.63, 3.8) is 0 Å². The molecule has 1 saturated heterocycles. The van der Waals surface area contributed by atoms with Gasteiger partial charge in [0.25, 0.3) is 5.56 Å². The summed E-state index contributed by atoms with van der Waals surface area (Å²) in [5, 5.41) is 18.9. The molecule has 0 aromatic carbocycles. The Bertz CT molecular complexity index is 549. The van der Waals surface area contributed by atoms with Crippen LogP contribution < -0.4 is 11.2 Å². The average Bonchev–Trinajstić information content (AvgIpc) is 2.61. The maximum atomic E-state index is 11.7. The van der Waals surface area contributed by atoms with Crippen LogP contribution in [0.4, 0.5) is 0 Å². The topological polar surface area (TPSA) is 105 Å². The second-order valence-electron chi connectivity index (χ2n) is 4.58. The molecule has 0 saturated carbocycles. The van der Waals surface area contributed by atoms with Gasteiger partial charge in [0.1, 0.15) is 12.3 Å². The normalized spacial score (nSPS) is 31.8. The first-order valence-electron chi connectivity index (χ1n) is 5.72. The molecule has 7 heteroatoms. The molecule has 0 amide bonds. The van der Waals surface area contributed by atoms with Crippen molar-refractivity contribution < 1.29 is 14.9 Å². The molecule has 0 unspecified atom stereocenters. The number of ether oxygens (including phenoxy) is 1. The Balaban J connectivity index is 2.42. The van der Waals surface area contributed by atoms with Crippen molar-refractivity contribution in [1.29, 1.82) is 0 Å². The van der Waals surface area contributed by atoms with Crippen LogP contribution in [-0.4, -0.2) is 38.6 Å². The predicted molar refractivity (Wildman–Crippen MR) is 62.2 cm³/mol. The Labute approximate surface area is 103 Å². The summed E-state index contributed by atoms with van der Waals surface area (Å²) < 4.78 is 6.67. The number of aromatic nitrogens is 2. The fraction of sp³-hybridized carbons (Fsp3) is 0.636. The van der Waals surface area contributed by atoms with E-state index in [0.29, 0.717) is 5.56 Å². The molecule has 0 aliphatic carbocycles. The molecule has 0 bridgehead atoms. The minimum absolute atomic E-state index is 0.320. The van der Waals surface area contributed by atoms with Gasteiger partial charge < -0.3 is 14.9 Å². The fourth-order valence-electron chi connectivity index (χ4n) is 2.14. The van der Waals surface area contributed by atoms with Crippen molar-refractivity contribution >= 4 is 0 Å². The van der Waals surface area contributed by atoms with Crippen molar-refractivity contribution in [2.24, 2.45) is 5.92 Å². The zero-order valence-electron chi connectivity index (χ0n) is 10.2. The van der Waals surface area contributed by atoms with Gasteiger partial charge in [-0.3, -0.25) is 14.3 Å². The van der Waals surface area contributed by atoms with Crippen molar-refractivity contribution in [1.82, 2.24) is 9.55 Å². The Hall–Kier alpha value is -1.44. The quantitative estimate of drug-likeness (QED) is 0.612. The van der Waals surface area contributed by atoms with Gasteiger partial charge in [-0.05, 0) is 6.92 Å². The SMILES string of the molecule is Cc1cn([C@@H]2O[C@H](CO)[C@@H](O)[C@@H]2C)c(=O)[nH]c1=O. The second-order valence-corrected chi connectivity index (χ2v) is 4.58. The number of nitrogens with one attached hydrogen (secondary N) is 1. The summed E-state index contributed by atoms with van der Waals surface area (Å²) >= 11 is 0. The number of aliphatic hydroxyl groups excluding tert-OH is 2. The van der Waals surface area contributed by atoms with E-state index in [1.54, 1.807) is 13.8 Å². The van der Waals surface area contributed by atoms with Crippen LogP contribution in [0.25, 0.3) is 0 Å². The molecule has 1 aliphatic heterocycles. The lowest BCUT2D eigenvalue weighted by molar-refractivity contribution is -0.0477. The van der Waals surface area contributed by atoms with E-state index in [2.05, 4.69) is 4.98 Å². The highest BCUT2D eigenvalue weighted by Gasteiger charge is 2.41. The first kappa shape index (κ1) is 13.0. The Morgan fingerprint density at radius 3 is 2.72 bits per heavy atom. The van der Waals surface area contributed by atoms with E-state index in [4.69, 9.17) is 9.84 Å². The third-order valence-corrected chi connectivity index (χ3v) is 3.28. The summed E-state index contributed by atoms with van der Waals surface area (Å²) in [5.41, 5.74) is -0.651. The van der Waals surface area contributed by atoms with Gasteiger partial charge >= 0.3 is 5.69 Å². The minimum Gasteiger partial charge on any atom is -0.394 e. The molecule has 1 aliphatic rings. The van der Waals surface area contributed by atoms with Crippen LogP contribution in [0.2, 0.25) is 0 Å². The van der Waals surface area contributed by atoms with Gasteiger partial charge in [-0.2, -0.15) is 0 Å². The summed E-state index contributed by atoms with van der Waals surface area (Å²) in [7, 11) is 0. The van der Waals surface area contributed by atoms with E-state index >= 15 is 0 Å². The lowest BCUT2D eigenvalue weighted by Crippen LogP contribution is -2.35. The Kier molecular flexibility index (Phi) is 3.38. The molecule has 2 rings (SSSR count). The molecular weight excluding hydrogens is 240 g/mol. The molecule has 0 spiro atoms. The number of nitrogens with zero attached hydrogens (tertiary/aromatic N) is 1. The van der Waals surface area contributed by atoms with Gasteiger partial charge in [0, 0.05) is 17.7 Å². The number of aliphatic hydroxyl groups is 2. The highest BCUT2D eigenvalue weighted by atomic mass is 16.5. The predicted octanol–water partition coefficient (Wildman–Crippen LogP) is -1.27. The standard InChI is InChI=1S/C11H16N2O5/c1-5-3-13(11(17)12-9(5)16)10-6(2)8(15)7(4-14)18-10/h3,6-8,10,14-15H,4H2,1-2H3,(H,12,16,17)/t6-,7+,8-,10+/m0/s1. The number of rotatable bonds is 2. The molecule has 18 heavy (non-hydrogen) atoms. The molecule has 3 N–H and O–H groups in total. The van der Waals surface area contributed by atoms with Crippen molar-refractivity contribution in [3.8, 4) is 0 Å². The van der Waals surface area contributed by atoms with Crippen LogP contribution >= 0.6 is 0 Å². The second kappa shape index (κ2) is 4.68. The van der Waals surface area contributed by atoms with Gasteiger partial charge in [-0.1, -0.05) is 6.92 Å². The number of hydrogen-bond acceptors (Lipinski definition) is 5. The van der Waals surface area contributed by atoms with E-state index in [9.17, 15) is 14.7 Å². The van der Waals surface area contributed by atoms with E-state index in [1.165, 1.54) is 10.8 Å². The number of H-pyrrole nitrogens is 1. The first-order chi connectivity index (χ1) is 8.45. The molecule has 1 fully saturated rings. The van der Waals surface area contributed by atoms with E-state index in [0.717, 1.165) is 0 Å². The molecule has 2 heterocycles. The Morgan fingerprint density at radius 2 is 2.17 bits per heavy atom. The summed E-state index contributed by atoms with van der Waals surface area (Å²) in [6.07, 6.45) is -0.863. The molecule has 0 radical (unpaired) electrons. The van der Waals surface area contributed by atoms with Crippen molar-refractivity contribution in [2.45, 2.75) is 32.3 Å². The van der Waals surface area contributed by atoms with E-state index in [-0.39, 0.29) is 12.5 Å². The van der Waals surface area contributed by atoms with Crippen LogP contribution in [0, 0.1) is 12.8 Å². The third kappa shape index (κ3) is 2.00. The largest absolute Gasteiger partial charge is 0.394 e. The molecule has 1 aromatic rings. The fourth-order valence-corrected chi connectivity index (χ4v) is 2.14. The van der Waals surface area contributed by atoms with Gasteiger partial charge in [-0.15, -0.1) is 0 Å². The smallest absolute Gasteiger partial charge is 0.330 e. The lowest BCUT2D eigenvalue weighted by Gasteiger charge is -2.18. The van der Waals surface area contributed by atoms with E-state index < -0.39 is 29.7 Å². The summed E-state index contributed by atoms with van der Waals surface area (Å²) in [6.45, 7) is 2.98. The monoisotopic (exact) mass is 256 g/mol. The molecular formula is C11H16N2O5. The summed E-state index contributed by atoms with van der Waals surface area (Å²) in [6, 6.07) is 0. The van der Waals surface area contributed by atoms with Gasteiger partial charge in [0.15, 0.2) is 0 Å². The number of aromatic amines is 1. The van der Waals surface area contributed by atoms with E-state index in [1.807, 2.05) is 0 Å². The summed E-state index contributed by atoms with van der Waals surface area (Å²) in [4.78, 5) is 25.2. The lowest BCUT2D eigenvalue weighted by atomic mass is 10.0. The van der Waals surface area contributed by atoms with Gasteiger partial charge in [0.05, 0.1) is 12.7 Å². The minimum atomic E-state index is -0.848. The Morgan fingerprint density at radius 1 is 1.50 bits per heavy atom. The van der Waals surface area contributed by atoms with Crippen LogP contribution in [0.5, 0.6) is 0 Å². The number of hydrogen-bond donors (Lipinski definition) is 3. The third-order valence-electron chi connectivity index (χ3n) is 3.28. The highest BCUT2D eigenvalue weighted by Crippen LogP contribution is 2.33. The van der Waals surface area contributed by atoms with Crippen LogP contribution in [-0.2, 0) is 4.74 Å². The van der Waals surface area contributed by atoms with Crippen molar-refractivity contribution in [3.05, 3.63) is 32.6 Å². The van der Waals surface area contributed by atoms with Gasteiger partial charge in [0.2, 0.25) is 0 Å². The average molecular weight is 256 g/mol.